The first-order chi connectivity index (χ1) is 21.7. The maximum atomic E-state index is 12.5. The third-order valence-corrected chi connectivity index (χ3v) is 9.62. The molecule has 0 atom stereocenters. The van der Waals surface area contributed by atoms with Crippen molar-refractivity contribution in [1.82, 2.24) is 15.3 Å². The zero-order valence-electron chi connectivity index (χ0n) is 26.8. The first kappa shape index (κ1) is 32.8. The van der Waals surface area contributed by atoms with Crippen LogP contribution in [-0.2, 0) is 25.5 Å². The lowest BCUT2D eigenvalue weighted by molar-refractivity contribution is -0.153. The predicted octanol–water partition coefficient (Wildman–Crippen LogP) is 4.38. The van der Waals surface area contributed by atoms with E-state index < -0.39 is 0 Å². The molecule has 45 heavy (non-hydrogen) atoms. The average molecular weight is 624 g/mol. The molecule has 4 fully saturated rings. The highest BCUT2D eigenvalue weighted by molar-refractivity contribution is 5.75. The standard InChI is InChI=1S/C34H49N5O6/c1-22-11-23(15-27-21-38-33(36)39-32(27)35)16-28(42-2)31(22)45-7-4-3-5-29(40)37-6-8-43-9-10-44-30(41)20-34-17-24-12-25(18-34)14-26(13-24)19-34/h11,16,21,24-26H,3-10,12-15,17-20H2,1-2H3,(H,37,40)(H4,35,36,38,39). The fourth-order valence-electron chi connectivity index (χ4n) is 8.14. The number of benzene rings is 1. The second-order valence-corrected chi connectivity index (χ2v) is 13.3. The third-order valence-electron chi connectivity index (χ3n) is 9.62. The van der Waals surface area contributed by atoms with E-state index in [1.165, 1.54) is 38.5 Å². The molecule has 4 aliphatic rings. The Morgan fingerprint density at radius 2 is 1.73 bits per heavy atom. The molecule has 6 rings (SSSR count). The number of rotatable bonds is 17. The number of esters is 1. The van der Waals surface area contributed by atoms with E-state index in [9.17, 15) is 9.59 Å². The molecule has 1 amide bonds. The molecule has 1 aromatic carbocycles. The second-order valence-electron chi connectivity index (χ2n) is 13.3. The van der Waals surface area contributed by atoms with Crippen molar-refractivity contribution in [3.63, 3.8) is 0 Å². The summed E-state index contributed by atoms with van der Waals surface area (Å²) in [7, 11) is 1.61. The van der Waals surface area contributed by atoms with Gasteiger partial charge in [0, 0.05) is 31.1 Å². The van der Waals surface area contributed by atoms with Crippen LogP contribution < -0.4 is 26.3 Å². The molecule has 0 radical (unpaired) electrons. The fraction of sp³-hybridized carbons (Fsp3) is 0.647. The van der Waals surface area contributed by atoms with E-state index in [0.29, 0.717) is 69.4 Å². The van der Waals surface area contributed by atoms with Crippen molar-refractivity contribution in [3.8, 4) is 11.5 Å². The van der Waals surface area contributed by atoms with Crippen LogP contribution in [0.5, 0.6) is 11.5 Å². The van der Waals surface area contributed by atoms with Crippen molar-refractivity contribution in [2.45, 2.75) is 77.6 Å². The topological polar surface area (TPSA) is 161 Å². The summed E-state index contributed by atoms with van der Waals surface area (Å²) >= 11 is 0. The Bertz CT molecular complexity index is 1300. The summed E-state index contributed by atoms with van der Waals surface area (Å²) in [5, 5.41) is 2.88. The van der Waals surface area contributed by atoms with Gasteiger partial charge in [-0.3, -0.25) is 9.59 Å². The molecule has 4 bridgehead atoms. The molecule has 0 aliphatic heterocycles. The smallest absolute Gasteiger partial charge is 0.306 e. The van der Waals surface area contributed by atoms with Gasteiger partial charge in [-0.05, 0) is 98.7 Å². The monoisotopic (exact) mass is 623 g/mol. The largest absolute Gasteiger partial charge is 0.493 e. The normalized spacial score (nSPS) is 23.1. The van der Waals surface area contributed by atoms with Crippen molar-refractivity contribution in [3.05, 3.63) is 35.0 Å². The summed E-state index contributed by atoms with van der Waals surface area (Å²) in [5.74, 6) is 4.21. The van der Waals surface area contributed by atoms with Crippen molar-refractivity contribution in [1.29, 1.82) is 0 Å². The average Bonchev–Trinajstić information content (AvgIpc) is 2.97. The van der Waals surface area contributed by atoms with Crippen molar-refractivity contribution < 1.29 is 28.5 Å². The number of anilines is 2. The van der Waals surface area contributed by atoms with E-state index in [0.717, 1.165) is 40.9 Å². The number of aromatic nitrogens is 2. The van der Waals surface area contributed by atoms with Crippen LogP contribution in [0.1, 0.15) is 80.9 Å². The molecular weight excluding hydrogens is 574 g/mol. The maximum Gasteiger partial charge on any atom is 0.306 e. The molecule has 4 saturated carbocycles. The number of nitrogen functional groups attached to an aromatic ring is 2. The molecule has 0 unspecified atom stereocenters. The molecule has 4 aliphatic carbocycles. The van der Waals surface area contributed by atoms with Crippen LogP contribution in [0.15, 0.2) is 18.3 Å². The number of carbonyl (C=O) groups is 2. The summed E-state index contributed by atoms with van der Waals surface area (Å²) in [6.45, 7) is 3.84. The van der Waals surface area contributed by atoms with E-state index in [4.69, 9.17) is 30.4 Å². The number of methoxy groups -OCH3 is 1. The van der Waals surface area contributed by atoms with Crippen LogP contribution in [0.25, 0.3) is 0 Å². The number of unbranched alkanes of at least 4 members (excludes halogenated alkanes) is 1. The molecule has 1 aromatic heterocycles. The maximum absolute atomic E-state index is 12.5. The Morgan fingerprint density at radius 1 is 1.00 bits per heavy atom. The number of nitrogens with zero attached hydrogens (tertiary/aromatic N) is 2. The summed E-state index contributed by atoms with van der Waals surface area (Å²) in [5.41, 5.74) is 14.5. The molecule has 1 heterocycles. The Balaban J connectivity index is 0.902. The van der Waals surface area contributed by atoms with Crippen molar-refractivity contribution >= 4 is 23.6 Å². The van der Waals surface area contributed by atoms with Crippen molar-refractivity contribution in [2.75, 3.05) is 51.5 Å². The molecule has 5 N–H and O–H groups in total. The summed E-state index contributed by atoms with van der Waals surface area (Å²) < 4.78 is 22.7. The molecule has 246 valence electrons. The summed E-state index contributed by atoms with van der Waals surface area (Å²) in [6, 6.07) is 3.94. The summed E-state index contributed by atoms with van der Waals surface area (Å²) in [4.78, 5) is 32.8. The van der Waals surface area contributed by atoms with Crippen LogP contribution in [0.3, 0.4) is 0 Å². The van der Waals surface area contributed by atoms with Crippen LogP contribution in [-0.4, -0.2) is 61.9 Å². The molecule has 11 heteroatoms. The van der Waals surface area contributed by atoms with Gasteiger partial charge in [0.05, 0.1) is 33.4 Å². The lowest BCUT2D eigenvalue weighted by Gasteiger charge is -2.56. The fourth-order valence-corrected chi connectivity index (χ4v) is 8.14. The van der Waals surface area contributed by atoms with E-state index >= 15 is 0 Å². The van der Waals surface area contributed by atoms with Crippen molar-refractivity contribution in [2.24, 2.45) is 23.2 Å². The van der Waals surface area contributed by atoms with E-state index in [2.05, 4.69) is 15.3 Å². The van der Waals surface area contributed by atoms with Gasteiger partial charge in [0.1, 0.15) is 12.4 Å². The molecule has 0 spiro atoms. The van der Waals surface area contributed by atoms with Gasteiger partial charge in [0.25, 0.3) is 0 Å². The van der Waals surface area contributed by atoms with Gasteiger partial charge in [-0.1, -0.05) is 6.07 Å². The van der Waals surface area contributed by atoms with Gasteiger partial charge >= 0.3 is 5.97 Å². The van der Waals surface area contributed by atoms with Crippen LogP contribution in [0.2, 0.25) is 0 Å². The quantitative estimate of drug-likeness (QED) is 0.170. The SMILES string of the molecule is COc1cc(Cc2cnc(N)nc2N)cc(C)c1OCCCCC(=O)NCCOCCOC(=O)CC12CC3CC(CC(C3)C1)C2. The molecule has 11 nitrogen and oxygen atoms in total. The lowest BCUT2D eigenvalue weighted by Crippen LogP contribution is -2.47. The molecule has 0 saturated heterocycles. The van der Waals surface area contributed by atoms with Gasteiger partial charge in [-0.25, -0.2) is 4.98 Å². The molecule has 2 aromatic rings. The van der Waals surface area contributed by atoms with Gasteiger partial charge in [-0.2, -0.15) is 4.98 Å². The summed E-state index contributed by atoms with van der Waals surface area (Å²) in [6.07, 6.45) is 12.3. The second kappa shape index (κ2) is 15.1. The van der Waals surface area contributed by atoms with Crippen LogP contribution in [0, 0.1) is 30.1 Å². The zero-order chi connectivity index (χ0) is 31.8. The Labute approximate surface area is 266 Å². The number of nitrogens with one attached hydrogen (secondary N) is 1. The number of hydrogen-bond acceptors (Lipinski definition) is 10. The first-order valence-electron chi connectivity index (χ1n) is 16.4. The number of nitrogens with two attached hydrogens (primary N) is 2. The predicted molar refractivity (Wildman–Crippen MR) is 171 cm³/mol. The van der Waals surface area contributed by atoms with Gasteiger partial charge in [-0.15, -0.1) is 0 Å². The lowest BCUT2D eigenvalue weighted by atomic mass is 9.49. The minimum absolute atomic E-state index is 0.0235. The Kier molecular flexibility index (Phi) is 11.0. The van der Waals surface area contributed by atoms with E-state index in [1.54, 1.807) is 13.3 Å². The third kappa shape index (κ3) is 8.99. The number of ether oxygens (including phenoxy) is 4. The highest BCUT2D eigenvalue weighted by atomic mass is 16.6. The first-order valence-corrected chi connectivity index (χ1v) is 16.4. The minimum Gasteiger partial charge on any atom is -0.493 e. The number of hydrogen-bond donors (Lipinski definition) is 3. The number of aryl methyl sites for hydroxylation is 1. The number of amides is 1. The Morgan fingerprint density at radius 3 is 2.42 bits per heavy atom. The van der Waals surface area contributed by atoms with Gasteiger partial charge in [0.15, 0.2) is 11.5 Å². The van der Waals surface area contributed by atoms with Crippen LogP contribution in [0.4, 0.5) is 11.8 Å². The van der Waals surface area contributed by atoms with Gasteiger partial charge < -0.3 is 35.7 Å². The Hall–Kier alpha value is -3.60. The highest BCUT2D eigenvalue weighted by Crippen LogP contribution is 2.61. The van der Waals surface area contributed by atoms with Gasteiger partial charge in [0.2, 0.25) is 11.9 Å². The van der Waals surface area contributed by atoms with E-state index in [-0.39, 0.29) is 29.8 Å². The zero-order valence-corrected chi connectivity index (χ0v) is 26.8. The number of carbonyl (C=O) groups excluding carboxylic acids is 2. The highest BCUT2D eigenvalue weighted by Gasteiger charge is 2.51. The molecular formula is C34H49N5O6. The van der Waals surface area contributed by atoms with E-state index in [1.807, 2.05) is 19.1 Å². The van der Waals surface area contributed by atoms with Crippen LogP contribution >= 0.6 is 0 Å². The minimum atomic E-state index is -0.0843.